The standard InChI is InChI=1S/C21H20Cl2N4OS/c22-17-9-7-14(8-10-17)20-25-26-21(29-20)24-19(28)16-5-3-11-27(13-16)12-15-4-1-2-6-18(15)23/h1-2,4,6-10,16H,3,5,11-13H2,(H,24,26,28). The first kappa shape index (κ1) is 20.3. The average Bonchev–Trinajstić information content (AvgIpc) is 3.19. The molecule has 0 radical (unpaired) electrons. The highest BCUT2D eigenvalue weighted by Crippen LogP contribution is 2.28. The highest BCUT2D eigenvalue weighted by molar-refractivity contribution is 7.18. The fraction of sp³-hybridized carbons (Fsp3) is 0.286. The fourth-order valence-electron chi connectivity index (χ4n) is 3.47. The first-order valence-corrected chi connectivity index (χ1v) is 11.0. The summed E-state index contributed by atoms with van der Waals surface area (Å²) in [5, 5.41) is 13.9. The van der Waals surface area contributed by atoms with Crippen LogP contribution < -0.4 is 5.32 Å². The van der Waals surface area contributed by atoms with Crippen molar-refractivity contribution in [1.29, 1.82) is 0 Å². The maximum absolute atomic E-state index is 12.8. The van der Waals surface area contributed by atoms with Crippen molar-refractivity contribution in [2.45, 2.75) is 19.4 Å². The van der Waals surface area contributed by atoms with Crippen molar-refractivity contribution < 1.29 is 4.79 Å². The lowest BCUT2D eigenvalue weighted by Crippen LogP contribution is -2.40. The monoisotopic (exact) mass is 446 g/mol. The predicted octanol–water partition coefficient (Wildman–Crippen LogP) is 5.36. The van der Waals surface area contributed by atoms with Crippen molar-refractivity contribution in [1.82, 2.24) is 15.1 Å². The van der Waals surface area contributed by atoms with Crippen molar-refractivity contribution in [3.63, 3.8) is 0 Å². The Kier molecular flexibility index (Phi) is 6.45. The van der Waals surface area contributed by atoms with E-state index in [0.29, 0.717) is 16.7 Å². The molecule has 4 rings (SSSR count). The second-order valence-corrected chi connectivity index (χ2v) is 8.90. The average molecular weight is 447 g/mol. The lowest BCUT2D eigenvalue weighted by molar-refractivity contribution is -0.121. The highest BCUT2D eigenvalue weighted by atomic mass is 35.5. The van der Waals surface area contributed by atoms with Gasteiger partial charge in [-0.25, -0.2) is 0 Å². The van der Waals surface area contributed by atoms with Crippen molar-refractivity contribution >= 4 is 45.6 Å². The summed E-state index contributed by atoms with van der Waals surface area (Å²) in [6.45, 7) is 2.43. The number of amides is 1. The smallest absolute Gasteiger partial charge is 0.230 e. The van der Waals surface area contributed by atoms with Crippen molar-refractivity contribution in [2.75, 3.05) is 18.4 Å². The first-order valence-electron chi connectivity index (χ1n) is 9.44. The molecular weight excluding hydrogens is 427 g/mol. The number of benzene rings is 2. The number of rotatable bonds is 5. The molecule has 2 aromatic carbocycles. The van der Waals surface area contributed by atoms with Gasteiger partial charge < -0.3 is 5.32 Å². The maximum Gasteiger partial charge on any atom is 0.230 e. The topological polar surface area (TPSA) is 58.1 Å². The van der Waals surface area contributed by atoms with Gasteiger partial charge in [-0.1, -0.05) is 64.9 Å². The Morgan fingerprint density at radius 2 is 1.93 bits per heavy atom. The van der Waals surface area contributed by atoms with Crippen LogP contribution in [0.15, 0.2) is 48.5 Å². The Balaban J connectivity index is 1.37. The van der Waals surface area contributed by atoms with Crippen LogP contribution in [-0.2, 0) is 11.3 Å². The summed E-state index contributed by atoms with van der Waals surface area (Å²) in [4.78, 5) is 15.1. The van der Waals surface area contributed by atoms with Crippen molar-refractivity contribution in [2.24, 2.45) is 5.92 Å². The van der Waals surface area contributed by atoms with Crippen LogP contribution in [0.1, 0.15) is 18.4 Å². The minimum Gasteiger partial charge on any atom is -0.300 e. The number of nitrogens with one attached hydrogen (secondary N) is 1. The Hall–Kier alpha value is -1.99. The molecule has 0 spiro atoms. The second kappa shape index (κ2) is 9.22. The van der Waals surface area contributed by atoms with Gasteiger partial charge in [-0.05, 0) is 43.1 Å². The molecule has 1 aliphatic rings. The zero-order valence-corrected chi connectivity index (χ0v) is 18.0. The number of likely N-dealkylation sites (tertiary alicyclic amines) is 1. The molecule has 1 unspecified atom stereocenters. The van der Waals surface area contributed by atoms with Gasteiger partial charge in [-0.15, -0.1) is 10.2 Å². The van der Waals surface area contributed by atoms with Crippen LogP contribution in [0.5, 0.6) is 0 Å². The largest absolute Gasteiger partial charge is 0.300 e. The minimum absolute atomic E-state index is 0.00679. The number of carbonyl (C=O) groups is 1. The van der Waals surface area contributed by atoms with Crippen LogP contribution in [0.4, 0.5) is 5.13 Å². The fourth-order valence-corrected chi connectivity index (χ4v) is 4.54. The van der Waals surface area contributed by atoms with Gasteiger partial charge in [0.1, 0.15) is 5.01 Å². The summed E-state index contributed by atoms with van der Waals surface area (Å²) in [7, 11) is 0. The quantitative estimate of drug-likeness (QED) is 0.572. The van der Waals surface area contributed by atoms with Crippen LogP contribution in [0.3, 0.4) is 0 Å². The normalized spacial score (nSPS) is 17.2. The number of halogens is 2. The summed E-state index contributed by atoms with van der Waals surface area (Å²) in [5.41, 5.74) is 2.02. The van der Waals surface area contributed by atoms with E-state index in [-0.39, 0.29) is 11.8 Å². The lowest BCUT2D eigenvalue weighted by Gasteiger charge is -2.32. The van der Waals surface area contributed by atoms with Gasteiger partial charge in [0.2, 0.25) is 11.0 Å². The third kappa shape index (κ3) is 5.14. The Morgan fingerprint density at radius 1 is 1.14 bits per heavy atom. The summed E-state index contributed by atoms with van der Waals surface area (Å²) in [5.74, 6) is -0.0817. The molecule has 1 atom stereocenters. The molecule has 0 saturated carbocycles. The van der Waals surface area contributed by atoms with E-state index in [4.69, 9.17) is 23.2 Å². The number of piperidine rings is 1. The van der Waals surface area contributed by atoms with Gasteiger partial charge in [-0.3, -0.25) is 9.69 Å². The van der Waals surface area contributed by atoms with E-state index in [0.717, 1.165) is 47.1 Å². The third-order valence-corrected chi connectivity index (χ3v) is 6.48. The third-order valence-electron chi connectivity index (χ3n) is 4.97. The van der Waals surface area contributed by atoms with E-state index in [1.807, 2.05) is 48.5 Å². The molecule has 1 aliphatic heterocycles. The van der Waals surface area contributed by atoms with Crippen molar-refractivity contribution in [3.8, 4) is 10.6 Å². The van der Waals surface area contributed by atoms with Gasteiger partial charge in [0.25, 0.3) is 0 Å². The van der Waals surface area contributed by atoms with Crippen molar-refractivity contribution in [3.05, 3.63) is 64.1 Å². The van der Waals surface area contributed by atoms with Crippen LogP contribution >= 0.6 is 34.5 Å². The molecule has 29 heavy (non-hydrogen) atoms. The molecule has 150 valence electrons. The van der Waals surface area contributed by atoms with Gasteiger partial charge in [-0.2, -0.15) is 0 Å². The minimum atomic E-state index is -0.0749. The first-order chi connectivity index (χ1) is 14.1. The van der Waals surface area contributed by atoms with E-state index in [1.54, 1.807) is 0 Å². The lowest BCUT2D eigenvalue weighted by atomic mass is 9.97. The van der Waals surface area contributed by atoms with Crippen LogP contribution in [-0.4, -0.2) is 34.1 Å². The molecule has 1 fully saturated rings. The summed E-state index contributed by atoms with van der Waals surface area (Å²) in [6, 6.07) is 15.3. The highest BCUT2D eigenvalue weighted by Gasteiger charge is 2.27. The summed E-state index contributed by atoms with van der Waals surface area (Å²) < 4.78 is 0. The Labute approximate surface area is 183 Å². The summed E-state index contributed by atoms with van der Waals surface area (Å²) in [6.07, 6.45) is 1.85. The number of nitrogens with zero attached hydrogens (tertiary/aromatic N) is 3. The zero-order chi connectivity index (χ0) is 20.2. The second-order valence-electron chi connectivity index (χ2n) is 7.07. The van der Waals surface area contributed by atoms with Crippen LogP contribution in [0.25, 0.3) is 10.6 Å². The molecule has 1 N–H and O–H groups in total. The number of hydrogen-bond acceptors (Lipinski definition) is 5. The number of anilines is 1. The number of aromatic nitrogens is 2. The molecule has 2 heterocycles. The Morgan fingerprint density at radius 3 is 2.72 bits per heavy atom. The van der Waals surface area contributed by atoms with Gasteiger partial charge in [0.05, 0.1) is 5.92 Å². The zero-order valence-electron chi connectivity index (χ0n) is 15.6. The molecule has 5 nitrogen and oxygen atoms in total. The Bertz CT molecular complexity index is 992. The molecule has 0 aliphatic carbocycles. The number of carbonyl (C=O) groups excluding carboxylic acids is 1. The molecule has 0 bridgehead atoms. The molecule has 8 heteroatoms. The van der Waals surface area contributed by atoms with Gasteiger partial charge >= 0.3 is 0 Å². The molecule has 3 aromatic rings. The van der Waals surface area contributed by atoms with Gasteiger partial charge in [0, 0.05) is 28.7 Å². The predicted molar refractivity (Wildman–Crippen MR) is 118 cm³/mol. The SMILES string of the molecule is O=C(Nc1nnc(-c2ccc(Cl)cc2)s1)C1CCCN(Cc2ccccc2Cl)C1. The van der Waals surface area contributed by atoms with E-state index < -0.39 is 0 Å². The van der Waals surface area contributed by atoms with Crippen LogP contribution in [0.2, 0.25) is 10.0 Å². The van der Waals surface area contributed by atoms with E-state index in [9.17, 15) is 4.79 Å². The van der Waals surface area contributed by atoms with E-state index in [1.165, 1.54) is 11.3 Å². The number of hydrogen-bond donors (Lipinski definition) is 1. The molecule has 1 saturated heterocycles. The van der Waals surface area contributed by atoms with E-state index >= 15 is 0 Å². The molecule has 1 aromatic heterocycles. The van der Waals surface area contributed by atoms with E-state index in [2.05, 4.69) is 20.4 Å². The molecule has 1 amide bonds. The summed E-state index contributed by atoms with van der Waals surface area (Å²) >= 11 is 13.6. The van der Waals surface area contributed by atoms with Crippen LogP contribution in [0, 0.1) is 5.92 Å². The van der Waals surface area contributed by atoms with Gasteiger partial charge in [0.15, 0.2) is 0 Å². The maximum atomic E-state index is 12.8. The molecular formula is C21H20Cl2N4OS.